The molecule has 0 saturated heterocycles. The number of non-ortho nitro benzene ring substituents is 1. The van der Waals surface area contributed by atoms with E-state index in [1.54, 1.807) is 19.1 Å². The molecule has 0 atom stereocenters. The Kier molecular flexibility index (Phi) is 4.09. The number of nitro groups is 1. The summed E-state index contributed by atoms with van der Waals surface area (Å²) in [6.07, 6.45) is 1.46. The maximum Gasteiger partial charge on any atom is 0.344 e. The van der Waals surface area contributed by atoms with Gasteiger partial charge in [0, 0.05) is 17.6 Å². The largest absolute Gasteiger partial charge is 0.481 e. The molecule has 0 aliphatic heterocycles. The fraction of sp³-hybridized carbons (Fsp3) is 0.231. The van der Waals surface area contributed by atoms with E-state index in [9.17, 15) is 14.9 Å². The number of nitrogens with zero attached hydrogens (tertiary/aromatic N) is 2. The average molecular weight is 276 g/mol. The average Bonchev–Trinajstić information content (AvgIpc) is 2.44. The molecule has 0 spiro atoms. The zero-order valence-corrected chi connectivity index (χ0v) is 10.7. The molecular weight excluding hydrogens is 264 g/mol. The highest BCUT2D eigenvalue weighted by molar-refractivity contribution is 5.92. The predicted molar refractivity (Wildman–Crippen MR) is 70.5 cm³/mol. The number of benzene rings is 1. The van der Waals surface area contributed by atoms with E-state index in [2.05, 4.69) is 4.98 Å². The Labute approximate surface area is 114 Å². The Bertz CT molecular complexity index is 656. The number of hydrogen-bond donors (Lipinski definition) is 0. The van der Waals surface area contributed by atoms with Gasteiger partial charge in [-0.15, -0.1) is 0 Å². The van der Waals surface area contributed by atoms with Gasteiger partial charge in [-0.05, 0) is 25.1 Å². The molecular formula is C13H12N2O5. The lowest BCUT2D eigenvalue weighted by molar-refractivity contribution is -0.383. The van der Waals surface area contributed by atoms with E-state index in [-0.39, 0.29) is 24.4 Å². The van der Waals surface area contributed by atoms with Crippen LogP contribution in [0.5, 0.6) is 5.75 Å². The molecule has 2 rings (SSSR count). The second-order valence-electron chi connectivity index (χ2n) is 3.83. The smallest absolute Gasteiger partial charge is 0.344 e. The molecule has 1 aromatic heterocycles. The van der Waals surface area contributed by atoms with Crippen molar-refractivity contribution in [3.8, 4) is 5.75 Å². The molecule has 0 aliphatic carbocycles. The van der Waals surface area contributed by atoms with Gasteiger partial charge in [0.05, 0.1) is 11.5 Å². The van der Waals surface area contributed by atoms with Gasteiger partial charge >= 0.3 is 5.97 Å². The van der Waals surface area contributed by atoms with E-state index < -0.39 is 10.9 Å². The lowest BCUT2D eigenvalue weighted by atomic mass is 10.1. The molecule has 104 valence electrons. The minimum atomic E-state index is -0.509. The highest BCUT2D eigenvalue weighted by Gasteiger charge is 2.16. The van der Waals surface area contributed by atoms with Crippen LogP contribution in [0.15, 0.2) is 30.5 Å². The predicted octanol–water partition coefficient (Wildman–Crippen LogP) is 2.08. The highest BCUT2D eigenvalue weighted by Crippen LogP contribution is 2.31. The first-order valence-corrected chi connectivity index (χ1v) is 5.94. The Morgan fingerprint density at radius 2 is 2.20 bits per heavy atom. The van der Waals surface area contributed by atoms with Gasteiger partial charge in [0.1, 0.15) is 5.75 Å². The van der Waals surface area contributed by atoms with E-state index in [0.29, 0.717) is 11.1 Å². The lowest BCUT2D eigenvalue weighted by Gasteiger charge is -2.08. The first kappa shape index (κ1) is 13.7. The quantitative estimate of drug-likeness (QED) is 0.471. The number of carbonyl (C=O) groups excluding carboxylic acids is 1. The van der Waals surface area contributed by atoms with Crippen molar-refractivity contribution < 1.29 is 19.2 Å². The summed E-state index contributed by atoms with van der Waals surface area (Å²) in [6.45, 7) is 1.71. The molecule has 0 amide bonds. The Morgan fingerprint density at radius 1 is 1.40 bits per heavy atom. The van der Waals surface area contributed by atoms with Crippen molar-refractivity contribution in [2.75, 3.05) is 13.2 Å². The number of ether oxygens (including phenoxy) is 2. The van der Waals surface area contributed by atoms with Gasteiger partial charge in [-0.3, -0.25) is 10.1 Å². The zero-order chi connectivity index (χ0) is 14.5. The van der Waals surface area contributed by atoms with Crippen LogP contribution >= 0.6 is 0 Å². The number of pyridine rings is 1. The second kappa shape index (κ2) is 5.96. The SMILES string of the molecule is CCOC(=O)COc1ccc([N+](=O)[O-])c2ncccc12. The van der Waals surface area contributed by atoms with E-state index in [1.807, 2.05) is 0 Å². The monoisotopic (exact) mass is 276 g/mol. The van der Waals surface area contributed by atoms with Crippen molar-refractivity contribution in [1.82, 2.24) is 4.98 Å². The number of rotatable bonds is 5. The van der Waals surface area contributed by atoms with Crippen LogP contribution in [0, 0.1) is 10.1 Å². The molecule has 2 aromatic rings. The second-order valence-corrected chi connectivity index (χ2v) is 3.83. The minimum absolute atomic E-state index is 0.107. The maximum absolute atomic E-state index is 11.3. The van der Waals surface area contributed by atoms with E-state index in [1.165, 1.54) is 18.3 Å². The van der Waals surface area contributed by atoms with Crippen LogP contribution in [0.1, 0.15) is 6.92 Å². The molecule has 0 N–H and O–H groups in total. The minimum Gasteiger partial charge on any atom is -0.481 e. The van der Waals surface area contributed by atoms with Crippen molar-refractivity contribution in [2.24, 2.45) is 0 Å². The van der Waals surface area contributed by atoms with Crippen molar-refractivity contribution in [3.63, 3.8) is 0 Å². The molecule has 0 radical (unpaired) electrons. The van der Waals surface area contributed by atoms with Gasteiger partial charge in [0.25, 0.3) is 5.69 Å². The molecule has 7 heteroatoms. The van der Waals surface area contributed by atoms with Crippen molar-refractivity contribution in [2.45, 2.75) is 6.92 Å². The molecule has 1 heterocycles. The van der Waals surface area contributed by atoms with Gasteiger partial charge in [-0.2, -0.15) is 0 Å². The highest BCUT2D eigenvalue weighted by atomic mass is 16.6. The summed E-state index contributed by atoms with van der Waals surface area (Å²) < 4.78 is 10.1. The molecule has 0 bridgehead atoms. The zero-order valence-electron chi connectivity index (χ0n) is 10.7. The summed E-state index contributed by atoms with van der Waals surface area (Å²) in [7, 11) is 0. The summed E-state index contributed by atoms with van der Waals surface area (Å²) >= 11 is 0. The van der Waals surface area contributed by atoms with Crippen LogP contribution in [-0.2, 0) is 9.53 Å². The summed E-state index contributed by atoms with van der Waals surface area (Å²) in [6, 6.07) is 6.04. The summed E-state index contributed by atoms with van der Waals surface area (Å²) in [5.74, 6) is -0.144. The number of hydrogen-bond acceptors (Lipinski definition) is 6. The number of esters is 1. The summed E-state index contributed by atoms with van der Waals surface area (Å²) in [5, 5.41) is 11.4. The first-order valence-electron chi connectivity index (χ1n) is 5.94. The molecule has 1 aromatic carbocycles. The lowest BCUT2D eigenvalue weighted by Crippen LogP contribution is -2.14. The van der Waals surface area contributed by atoms with Crippen LogP contribution in [0.25, 0.3) is 10.9 Å². The van der Waals surface area contributed by atoms with Gasteiger partial charge in [0.15, 0.2) is 12.1 Å². The summed E-state index contributed by atoms with van der Waals surface area (Å²) in [5.41, 5.74) is 0.114. The third kappa shape index (κ3) is 2.82. The van der Waals surface area contributed by atoms with Gasteiger partial charge < -0.3 is 9.47 Å². The normalized spacial score (nSPS) is 10.2. The van der Waals surface area contributed by atoms with E-state index >= 15 is 0 Å². The number of carbonyl (C=O) groups is 1. The van der Waals surface area contributed by atoms with E-state index in [4.69, 9.17) is 9.47 Å². The van der Waals surface area contributed by atoms with E-state index in [0.717, 1.165) is 0 Å². The molecule has 0 fully saturated rings. The maximum atomic E-state index is 11.3. The number of nitro benzene ring substituents is 1. The van der Waals surface area contributed by atoms with Crippen LogP contribution in [0.2, 0.25) is 0 Å². The standard InChI is InChI=1S/C13H12N2O5/c1-2-19-12(16)8-20-11-6-5-10(15(17)18)13-9(11)4-3-7-14-13/h3-7H,2,8H2,1H3. The first-order chi connectivity index (χ1) is 9.63. The fourth-order valence-electron chi connectivity index (χ4n) is 1.74. The molecule has 7 nitrogen and oxygen atoms in total. The summed E-state index contributed by atoms with van der Waals surface area (Å²) in [4.78, 5) is 25.7. The molecule has 20 heavy (non-hydrogen) atoms. The Morgan fingerprint density at radius 3 is 2.90 bits per heavy atom. The molecule has 0 saturated carbocycles. The van der Waals surface area contributed by atoms with Gasteiger partial charge in [-0.25, -0.2) is 9.78 Å². The number of fused-ring (bicyclic) bond motifs is 1. The topological polar surface area (TPSA) is 91.6 Å². The van der Waals surface area contributed by atoms with Crippen LogP contribution in [0.3, 0.4) is 0 Å². The fourth-order valence-corrected chi connectivity index (χ4v) is 1.74. The van der Waals surface area contributed by atoms with Crippen LogP contribution < -0.4 is 4.74 Å². The third-order valence-corrected chi connectivity index (χ3v) is 2.56. The van der Waals surface area contributed by atoms with Gasteiger partial charge in [-0.1, -0.05) is 0 Å². The van der Waals surface area contributed by atoms with Gasteiger partial charge in [0.2, 0.25) is 0 Å². The van der Waals surface area contributed by atoms with Crippen LogP contribution in [0.4, 0.5) is 5.69 Å². The number of aromatic nitrogens is 1. The molecule has 0 aliphatic rings. The van der Waals surface area contributed by atoms with Crippen molar-refractivity contribution in [3.05, 3.63) is 40.6 Å². The Balaban J connectivity index is 2.33. The molecule has 0 unspecified atom stereocenters. The van der Waals surface area contributed by atoms with Crippen molar-refractivity contribution >= 4 is 22.6 Å². The van der Waals surface area contributed by atoms with Crippen LogP contribution in [-0.4, -0.2) is 29.1 Å². The third-order valence-electron chi connectivity index (χ3n) is 2.56. The van der Waals surface area contributed by atoms with Crippen molar-refractivity contribution in [1.29, 1.82) is 0 Å². The Hall–Kier alpha value is -2.70.